The van der Waals surface area contributed by atoms with Crippen LogP contribution < -0.4 is 5.73 Å². The lowest BCUT2D eigenvalue weighted by atomic mass is 10.1. The van der Waals surface area contributed by atoms with Gasteiger partial charge in [0, 0.05) is 37.0 Å². The Bertz CT molecular complexity index is 448. The number of nitrogens with zero attached hydrogens (tertiary/aromatic N) is 3. The molecule has 2 aliphatic rings. The van der Waals surface area contributed by atoms with Gasteiger partial charge in [-0.15, -0.1) is 0 Å². The zero-order valence-corrected chi connectivity index (χ0v) is 11.7. The number of aromatic nitrogens is 2. The molecule has 0 amide bonds. The Morgan fingerprint density at radius 3 is 2.94 bits per heavy atom. The van der Waals surface area contributed by atoms with Crippen LogP contribution in [0, 0.1) is 6.92 Å². The average Bonchev–Trinajstić information content (AvgIpc) is 2.90. The lowest BCUT2D eigenvalue weighted by Crippen LogP contribution is -2.46. The van der Waals surface area contributed by atoms with E-state index in [-0.39, 0.29) is 6.04 Å². The summed E-state index contributed by atoms with van der Waals surface area (Å²) >= 11 is 1.67. The van der Waals surface area contributed by atoms with Crippen molar-refractivity contribution in [3.63, 3.8) is 0 Å². The van der Waals surface area contributed by atoms with Crippen molar-refractivity contribution in [2.45, 2.75) is 38.5 Å². The molecule has 2 unspecified atom stereocenters. The first-order chi connectivity index (χ1) is 8.69. The summed E-state index contributed by atoms with van der Waals surface area (Å²) in [6.45, 7) is 5.57. The van der Waals surface area contributed by atoms with Crippen LogP contribution in [0.5, 0.6) is 0 Å². The Hall–Kier alpha value is -0.560. The van der Waals surface area contributed by atoms with Crippen LogP contribution in [0.4, 0.5) is 0 Å². The van der Waals surface area contributed by atoms with Gasteiger partial charge >= 0.3 is 0 Å². The molecule has 2 aliphatic heterocycles. The Balaban J connectivity index is 1.76. The van der Waals surface area contributed by atoms with Crippen LogP contribution in [-0.4, -0.2) is 45.6 Å². The van der Waals surface area contributed by atoms with Crippen molar-refractivity contribution in [3.8, 4) is 0 Å². The number of rotatable bonds is 2. The van der Waals surface area contributed by atoms with Crippen molar-refractivity contribution in [1.29, 1.82) is 0 Å². The lowest BCUT2D eigenvalue weighted by molar-refractivity contribution is 0.00499. The quantitative estimate of drug-likeness (QED) is 0.858. The molecule has 0 aromatic carbocycles. The first-order valence-electron chi connectivity index (χ1n) is 6.38. The molecule has 0 aliphatic carbocycles. The van der Waals surface area contributed by atoms with Crippen molar-refractivity contribution in [1.82, 2.24) is 14.1 Å². The SMILES string of the molecule is CSn1nc(C)c2c1CN(C1COCC(N)C1)C2. The second-order valence-electron chi connectivity index (χ2n) is 5.16. The molecule has 2 N–H and O–H groups in total. The number of nitrogens with two attached hydrogens (primary N) is 1. The minimum atomic E-state index is 0.186. The van der Waals surface area contributed by atoms with E-state index < -0.39 is 0 Å². The van der Waals surface area contributed by atoms with Gasteiger partial charge in [0.1, 0.15) is 0 Å². The second kappa shape index (κ2) is 4.85. The number of aryl methyl sites for hydroxylation is 1. The van der Waals surface area contributed by atoms with Gasteiger partial charge in [0.05, 0.1) is 24.6 Å². The molecule has 0 radical (unpaired) electrons. The Kier molecular flexibility index (Phi) is 3.36. The summed E-state index contributed by atoms with van der Waals surface area (Å²) in [6, 6.07) is 0.640. The fourth-order valence-electron chi connectivity index (χ4n) is 2.90. The highest BCUT2D eigenvalue weighted by Gasteiger charge is 2.33. The molecule has 0 bridgehead atoms. The molecule has 1 fully saturated rings. The maximum absolute atomic E-state index is 5.99. The molecule has 3 rings (SSSR count). The second-order valence-corrected chi connectivity index (χ2v) is 5.87. The smallest absolute Gasteiger partial charge is 0.0701 e. The van der Waals surface area contributed by atoms with Crippen LogP contribution in [0.3, 0.4) is 0 Å². The zero-order chi connectivity index (χ0) is 12.7. The third kappa shape index (κ3) is 2.07. The summed E-state index contributed by atoms with van der Waals surface area (Å²) in [7, 11) is 0. The molecule has 1 aromatic rings. The van der Waals surface area contributed by atoms with Crippen LogP contribution in [0.1, 0.15) is 23.4 Å². The Morgan fingerprint density at radius 1 is 1.39 bits per heavy atom. The standard InChI is InChI=1S/C12H20N4OS/c1-8-11-4-15(5-12(11)16(14-8)18-2)10-3-9(13)6-17-7-10/h9-10H,3-7,13H2,1-2H3. The predicted octanol–water partition coefficient (Wildman–Crippen LogP) is 0.749. The van der Waals surface area contributed by atoms with Crippen LogP contribution in [0.2, 0.25) is 0 Å². The number of hydrogen-bond acceptors (Lipinski definition) is 5. The average molecular weight is 268 g/mol. The largest absolute Gasteiger partial charge is 0.378 e. The van der Waals surface area contributed by atoms with E-state index in [4.69, 9.17) is 10.5 Å². The van der Waals surface area contributed by atoms with Gasteiger partial charge in [0.25, 0.3) is 0 Å². The van der Waals surface area contributed by atoms with Crippen molar-refractivity contribution < 1.29 is 4.74 Å². The summed E-state index contributed by atoms with van der Waals surface area (Å²) < 4.78 is 7.62. The molecule has 1 aromatic heterocycles. The molecule has 18 heavy (non-hydrogen) atoms. The summed E-state index contributed by atoms with van der Waals surface area (Å²) in [4.78, 5) is 2.48. The van der Waals surface area contributed by atoms with Gasteiger partial charge in [-0.05, 0) is 25.3 Å². The summed E-state index contributed by atoms with van der Waals surface area (Å²) in [5.41, 5.74) is 9.88. The molecule has 5 nitrogen and oxygen atoms in total. The van der Waals surface area contributed by atoms with E-state index in [9.17, 15) is 0 Å². The van der Waals surface area contributed by atoms with E-state index in [1.165, 1.54) is 11.3 Å². The highest BCUT2D eigenvalue weighted by Crippen LogP contribution is 2.30. The predicted molar refractivity (Wildman–Crippen MR) is 72.3 cm³/mol. The van der Waals surface area contributed by atoms with Gasteiger partial charge in [-0.3, -0.25) is 4.90 Å². The van der Waals surface area contributed by atoms with Gasteiger partial charge < -0.3 is 10.5 Å². The minimum absolute atomic E-state index is 0.186. The topological polar surface area (TPSA) is 56.3 Å². The number of hydrogen-bond donors (Lipinski definition) is 1. The fraction of sp³-hybridized carbons (Fsp3) is 0.750. The molecular weight excluding hydrogens is 248 g/mol. The van der Waals surface area contributed by atoms with E-state index >= 15 is 0 Å². The van der Waals surface area contributed by atoms with Gasteiger partial charge in [-0.2, -0.15) is 5.10 Å². The summed E-state index contributed by atoms with van der Waals surface area (Å²) in [5.74, 6) is 0. The van der Waals surface area contributed by atoms with E-state index in [2.05, 4.69) is 23.2 Å². The maximum atomic E-state index is 5.99. The minimum Gasteiger partial charge on any atom is -0.378 e. The van der Waals surface area contributed by atoms with Gasteiger partial charge in [-0.25, -0.2) is 4.09 Å². The molecule has 100 valence electrons. The van der Waals surface area contributed by atoms with E-state index in [0.717, 1.165) is 31.8 Å². The van der Waals surface area contributed by atoms with Crippen LogP contribution in [-0.2, 0) is 17.8 Å². The van der Waals surface area contributed by atoms with E-state index in [1.54, 1.807) is 11.9 Å². The lowest BCUT2D eigenvalue weighted by Gasteiger charge is -2.33. The van der Waals surface area contributed by atoms with Crippen molar-refractivity contribution in [3.05, 3.63) is 17.0 Å². The highest BCUT2D eigenvalue weighted by molar-refractivity contribution is 7.97. The first kappa shape index (κ1) is 12.5. The molecule has 6 heteroatoms. The van der Waals surface area contributed by atoms with Gasteiger partial charge in [0.15, 0.2) is 0 Å². The highest BCUT2D eigenvalue weighted by atomic mass is 32.2. The number of fused-ring (bicyclic) bond motifs is 1. The number of ether oxygens (including phenoxy) is 1. The first-order valence-corrected chi connectivity index (χ1v) is 7.56. The molecule has 0 spiro atoms. The van der Waals surface area contributed by atoms with Gasteiger partial charge in [-0.1, -0.05) is 0 Å². The molecular formula is C12H20N4OS. The Labute approximate surface area is 112 Å². The van der Waals surface area contributed by atoms with Crippen molar-refractivity contribution >= 4 is 11.9 Å². The van der Waals surface area contributed by atoms with Crippen LogP contribution in [0.15, 0.2) is 0 Å². The Morgan fingerprint density at radius 2 is 2.22 bits per heavy atom. The monoisotopic (exact) mass is 268 g/mol. The maximum Gasteiger partial charge on any atom is 0.0701 e. The van der Waals surface area contributed by atoms with Crippen LogP contribution >= 0.6 is 11.9 Å². The third-order valence-corrected chi connectivity index (χ3v) is 4.53. The summed E-state index contributed by atoms with van der Waals surface area (Å²) in [5, 5.41) is 4.54. The molecule has 1 saturated heterocycles. The van der Waals surface area contributed by atoms with Gasteiger partial charge in [0.2, 0.25) is 0 Å². The van der Waals surface area contributed by atoms with Crippen LogP contribution in [0.25, 0.3) is 0 Å². The molecule has 2 atom stereocenters. The van der Waals surface area contributed by atoms with E-state index in [0.29, 0.717) is 12.6 Å². The third-order valence-electron chi connectivity index (χ3n) is 3.88. The summed E-state index contributed by atoms with van der Waals surface area (Å²) in [6.07, 6.45) is 3.10. The fourth-order valence-corrected chi connectivity index (χ4v) is 3.49. The zero-order valence-electron chi connectivity index (χ0n) is 10.9. The molecule has 0 saturated carbocycles. The van der Waals surface area contributed by atoms with Crippen molar-refractivity contribution in [2.75, 3.05) is 19.5 Å². The van der Waals surface area contributed by atoms with E-state index in [1.807, 2.05) is 4.09 Å². The normalized spacial score (nSPS) is 28.6. The van der Waals surface area contributed by atoms with Crippen molar-refractivity contribution in [2.24, 2.45) is 5.73 Å². The molecule has 3 heterocycles.